The van der Waals surface area contributed by atoms with Crippen molar-refractivity contribution >= 4 is 5.91 Å². The van der Waals surface area contributed by atoms with E-state index in [1.807, 2.05) is 36.4 Å². The van der Waals surface area contributed by atoms with Crippen LogP contribution in [0.2, 0.25) is 0 Å². The number of benzene rings is 1. The van der Waals surface area contributed by atoms with Crippen LogP contribution in [0.5, 0.6) is 5.75 Å². The number of aromatic nitrogens is 3. The van der Waals surface area contributed by atoms with Crippen LogP contribution in [-0.2, 0) is 17.9 Å². The second kappa shape index (κ2) is 8.06. The molecule has 3 rings (SSSR count). The summed E-state index contributed by atoms with van der Waals surface area (Å²) in [6.45, 7) is 0.224. The summed E-state index contributed by atoms with van der Waals surface area (Å²) in [5, 5.41) is 7.05. The van der Waals surface area contributed by atoms with Crippen LogP contribution in [0.15, 0.2) is 65.7 Å². The van der Waals surface area contributed by atoms with Gasteiger partial charge in [-0.05, 0) is 48.0 Å². The van der Waals surface area contributed by atoms with Crippen LogP contribution in [-0.4, -0.2) is 27.8 Å². The zero-order valence-corrected chi connectivity index (χ0v) is 14.3. The van der Waals surface area contributed by atoms with E-state index in [0.717, 1.165) is 21.6 Å². The first-order valence-corrected chi connectivity index (χ1v) is 8.04. The first-order chi connectivity index (χ1) is 12.7. The molecule has 0 aliphatic heterocycles. The van der Waals surface area contributed by atoms with Crippen LogP contribution in [0.3, 0.4) is 0 Å². The lowest BCUT2D eigenvalue weighted by molar-refractivity contribution is -0.122. The molecule has 1 aromatic carbocycles. The molecule has 0 atom stereocenters. The molecular weight excluding hydrogens is 332 g/mol. The van der Waals surface area contributed by atoms with Gasteiger partial charge in [0.1, 0.15) is 12.3 Å². The number of rotatable bonds is 6. The second-order valence-electron chi connectivity index (χ2n) is 5.58. The lowest BCUT2D eigenvalue weighted by atomic mass is 10.1. The Bertz CT molecular complexity index is 937. The molecule has 0 unspecified atom stereocenters. The molecule has 1 amide bonds. The van der Waals surface area contributed by atoms with Gasteiger partial charge in [0.15, 0.2) is 0 Å². The highest BCUT2D eigenvalue weighted by molar-refractivity contribution is 5.75. The van der Waals surface area contributed by atoms with Crippen LogP contribution >= 0.6 is 0 Å². The molecule has 7 heteroatoms. The number of hydrogen-bond donors (Lipinski definition) is 1. The van der Waals surface area contributed by atoms with Gasteiger partial charge in [0, 0.05) is 30.6 Å². The van der Waals surface area contributed by atoms with Crippen LogP contribution in [0.4, 0.5) is 0 Å². The molecule has 0 aliphatic carbocycles. The van der Waals surface area contributed by atoms with E-state index >= 15 is 0 Å². The van der Waals surface area contributed by atoms with Crippen molar-refractivity contribution < 1.29 is 9.53 Å². The van der Waals surface area contributed by atoms with Gasteiger partial charge < -0.3 is 10.1 Å². The Morgan fingerprint density at radius 3 is 2.50 bits per heavy atom. The topological polar surface area (TPSA) is 86.1 Å². The van der Waals surface area contributed by atoms with Crippen LogP contribution < -0.4 is 15.6 Å². The predicted molar refractivity (Wildman–Crippen MR) is 96.6 cm³/mol. The van der Waals surface area contributed by atoms with Gasteiger partial charge in [0.2, 0.25) is 5.91 Å². The van der Waals surface area contributed by atoms with Crippen molar-refractivity contribution in [2.24, 2.45) is 0 Å². The van der Waals surface area contributed by atoms with E-state index in [1.54, 1.807) is 25.6 Å². The predicted octanol–water partition coefficient (Wildman–Crippen LogP) is 1.63. The van der Waals surface area contributed by atoms with Gasteiger partial charge in [-0.25, -0.2) is 4.68 Å². The van der Waals surface area contributed by atoms with Crippen molar-refractivity contribution in [1.29, 1.82) is 0 Å². The summed E-state index contributed by atoms with van der Waals surface area (Å²) < 4.78 is 6.29. The van der Waals surface area contributed by atoms with Crippen molar-refractivity contribution in [2.45, 2.75) is 13.1 Å². The number of methoxy groups -OCH3 is 1. The minimum Gasteiger partial charge on any atom is -0.497 e. The van der Waals surface area contributed by atoms with Crippen LogP contribution in [0.1, 0.15) is 5.56 Å². The van der Waals surface area contributed by atoms with E-state index in [4.69, 9.17) is 4.74 Å². The average Bonchev–Trinajstić information content (AvgIpc) is 2.69. The maximum atomic E-state index is 12.1. The quantitative estimate of drug-likeness (QED) is 0.730. The Kier molecular flexibility index (Phi) is 5.38. The third-order valence-corrected chi connectivity index (χ3v) is 3.78. The van der Waals surface area contributed by atoms with Crippen molar-refractivity contribution in [3.05, 3.63) is 76.8 Å². The first-order valence-electron chi connectivity index (χ1n) is 8.04. The average molecular weight is 350 g/mol. The van der Waals surface area contributed by atoms with E-state index in [-0.39, 0.29) is 18.0 Å². The zero-order valence-electron chi connectivity index (χ0n) is 14.3. The lowest BCUT2D eigenvalue weighted by Crippen LogP contribution is -2.33. The second-order valence-corrected chi connectivity index (χ2v) is 5.58. The van der Waals surface area contributed by atoms with Crippen molar-refractivity contribution in [2.75, 3.05) is 7.11 Å². The maximum Gasteiger partial charge on any atom is 0.267 e. The highest BCUT2D eigenvalue weighted by Gasteiger charge is 2.08. The van der Waals surface area contributed by atoms with Gasteiger partial charge in [0.25, 0.3) is 5.56 Å². The SMILES string of the molecule is COc1ccc(-c2ccc(=O)n(CC(=O)NCc3ccncc3)n2)cc1. The van der Waals surface area contributed by atoms with E-state index in [1.165, 1.54) is 6.07 Å². The van der Waals surface area contributed by atoms with E-state index in [9.17, 15) is 9.59 Å². The number of ether oxygens (including phenoxy) is 1. The van der Waals surface area contributed by atoms with E-state index < -0.39 is 0 Å². The summed E-state index contributed by atoms with van der Waals surface area (Å²) in [6, 6.07) is 14.0. The number of amides is 1. The van der Waals surface area contributed by atoms with E-state index in [0.29, 0.717) is 12.2 Å². The fourth-order valence-electron chi connectivity index (χ4n) is 2.37. The van der Waals surface area contributed by atoms with Gasteiger partial charge in [-0.1, -0.05) is 0 Å². The van der Waals surface area contributed by atoms with E-state index in [2.05, 4.69) is 15.4 Å². The summed E-state index contributed by atoms with van der Waals surface area (Å²) in [5.41, 5.74) is 2.04. The molecule has 3 aromatic rings. The Hall–Kier alpha value is -3.48. The summed E-state index contributed by atoms with van der Waals surface area (Å²) in [5.74, 6) is 0.445. The monoisotopic (exact) mass is 350 g/mol. The standard InChI is InChI=1S/C19H18N4O3/c1-26-16-4-2-15(3-5-16)17-6-7-19(25)23(22-17)13-18(24)21-12-14-8-10-20-11-9-14/h2-11H,12-13H2,1H3,(H,21,24). The number of nitrogens with zero attached hydrogens (tertiary/aromatic N) is 3. The molecule has 0 bridgehead atoms. The Labute approximate surface area is 150 Å². The molecule has 26 heavy (non-hydrogen) atoms. The van der Waals surface area contributed by atoms with Gasteiger partial charge in [0.05, 0.1) is 12.8 Å². The molecule has 1 N–H and O–H groups in total. The molecule has 2 aromatic heterocycles. The summed E-state index contributed by atoms with van der Waals surface area (Å²) in [4.78, 5) is 28.1. The normalized spacial score (nSPS) is 10.3. The Balaban J connectivity index is 1.71. The minimum atomic E-state index is -0.332. The Morgan fingerprint density at radius 2 is 1.81 bits per heavy atom. The zero-order chi connectivity index (χ0) is 18.4. The number of carbonyl (C=O) groups excluding carboxylic acids is 1. The lowest BCUT2D eigenvalue weighted by Gasteiger charge is -2.09. The molecule has 0 saturated heterocycles. The fourth-order valence-corrected chi connectivity index (χ4v) is 2.37. The van der Waals surface area contributed by atoms with Gasteiger partial charge in [-0.3, -0.25) is 14.6 Å². The smallest absolute Gasteiger partial charge is 0.267 e. The van der Waals surface area contributed by atoms with Crippen LogP contribution in [0, 0.1) is 0 Å². The maximum absolute atomic E-state index is 12.1. The third kappa shape index (κ3) is 4.32. The molecule has 0 radical (unpaired) electrons. The summed E-state index contributed by atoms with van der Waals surface area (Å²) in [7, 11) is 1.60. The summed E-state index contributed by atoms with van der Waals surface area (Å²) >= 11 is 0. The highest BCUT2D eigenvalue weighted by Crippen LogP contribution is 2.19. The molecule has 0 aliphatic rings. The first kappa shape index (κ1) is 17.3. The number of pyridine rings is 1. The number of hydrogen-bond acceptors (Lipinski definition) is 5. The minimum absolute atomic E-state index is 0.145. The fraction of sp³-hybridized carbons (Fsp3) is 0.158. The summed E-state index contributed by atoms with van der Waals surface area (Å²) in [6.07, 6.45) is 3.32. The molecule has 2 heterocycles. The third-order valence-electron chi connectivity index (χ3n) is 3.78. The highest BCUT2D eigenvalue weighted by atomic mass is 16.5. The van der Waals surface area contributed by atoms with Crippen molar-refractivity contribution in [3.63, 3.8) is 0 Å². The number of nitrogens with one attached hydrogen (secondary N) is 1. The molecule has 132 valence electrons. The Morgan fingerprint density at radius 1 is 1.08 bits per heavy atom. The largest absolute Gasteiger partial charge is 0.497 e. The molecule has 0 fully saturated rings. The van der Waals surface area contributed by atoms with Gasteiger partial charge in [-0.2, -0.15) is 5.10 Å². The van der Waals surface area contributed by atoms with Crippen LogP contribution in [0.25, 0.3) is 11.3 Å². The van der Waals surface area contributed by atoms with Crippen molar-refractivity contribution in [1.82, 2.24) is 20.1 Å². The molecule has 0 saturated carbocycles. The molecular formula is C19H18N4O3. The van der Waals surface area contributed by atoms with Gasteiger partial charge >= 0.3 is 0 Å². The number of carbonyl (C=O) groups is 1. The van der Waals surface area contributed by atoms with Crippen molar-refractivity contribution in [3.8, 4) is 17.0 Å². The molecule has 7 nitrogen and oxygen atoms in total. The van der Waals surface area contributed by atoms with Gasteiger partial charge in [-0.15, -0.1) is 0 Å². The molecule has 0 spiro atoms.